The summed E-state index contributed by atoms with van der Waals surface area (Å²) in [5, 5.41) is 0. The molecule has 0 aromatic heterocycles. The van der Waals surface area contributed by atoms with Crippen LogP contribution in [0.25, 0.3) is 0 Å². The summed E-state index contributed by atoms with van der Waals surface area (Å²) in [5.41, 5.74) is 0. The van der Waals surface area contributed by atoms with Crippen molar-refractivity contribution in [1.82, 2.24) is 0 Å². The summed E-state index contributed by atoms with van der Waals surface area (Å²) in [5.74, 6) is -1.02. The topological polar surface area (TPSA) is 78.9 Å². The van der Waals surface area contributed by atoms with Gasteiger partial charge in [0.25, 0.3) is 0 Å². The summed E-state index contributed by atoms with van der Waals surface area (Å²) >= 11 is 0. The van der Waals surface area contributed by atoms with Crippen LogP contribution in [0.3, 0.4) is 0 Å². The first-order valence-electron chi connectivity index (χ1n) is 30.0. The van der Waals surface area contributed by atoms with Crippen LogP contribution in [0.5, 0.6) is 0 Å². The monoisotopic (exact) mass is 1030 g/mol. The van der Waals surface area contributed by atoms with Gasteiger partial charge in [0.15, 0.2) is 6.10 Å². The maximum Gasteiger partial charge on any atom is 0.306 e. The highest BCUT2D eigenvalue weighted by Gasteiger charge is 2.19. The van der Waals surface area contributed by atoms with E-state index in [2.05, 4.69) is 179 Å². The molecular formula is C69H108O6. The van der Waals surface area contributed by atoms with Gasteiger partial charge in [0, 0.05) is 19.3 Å². The van der Waals surface area contributed by atoms with E-state index in [-0.39, 0.29) is 44.0 Å². The van der Waals surface area contributed by atoms with E-state index in [1.807, 2.05) is 0 Å². The van der Waals surface area contributed by atoms with Crippen molar-refractivity contribution in [3.63, 3.8) is 0 Å². The van der Waals surface area contributed by atoms with E-state index >= 15 is 0 Å². The molecule has 0 rings (SSSR count). The average molecular weight is 1030 g/mol. The molecule has 0 saturated heterocycles. The minimum absolute atomic E-state index is 0.117. The van der Waals surface area contributed by atoms with E-state index in [9.17, 15) is 14.4 Å². The van der Waals surface area contributed by atoms with Gasteiger partial charge in [0.1, 0.15) is 13.2 Å². The summed E-state index contributed by atoms with van der Waals surface area (Å²) in [6, 6.07) is 0. The van der Waals surface area contributed by atoms with Gasteiger partial charge in [-0.1, -0.05) is 237 Å². The summed E-state index contributed by atoms with van der Waals surface area (Å²) in [6.45, 7) is 6.30. The van der Waals surface area contributed by atoms with Crippen molar-refractivity contribution in [1.29, 1.82) is 0 Å². The zero-order valence-corrected chi connectivity index (χ0v) is 48.0. The van der Waals surface area contributed by atoms with Crippen molar-refractivity contribution in [2.45, 2.75) is 245 Å². The fraction of sp³-hybridized carbons (Fsp3) is 0.580. The van der Waals surface area contributed by atoms with Crippen molar-refractivity contribution in [3.05, 3.63) is 158 Å². The second kappa shape index (κ2) is 61.6. The Hall–Kier alpha value is -4.97. The Bertz CT molecular complexity index is 1710. The van der Waals surface area contributed by atoms with E-state index in [0.29, 0.717) is 12.8 Å². The van der Waals surface area contributed by atoms with Gasteiger partial charge < -0.3 is 14.2 Å². The molecule has 0 heterocycles. The molecule has 0 spiro atoms. The standard InChI is InChI=1S/C69H108O6/c1-4-7-10-13-16-19-22-25-28-31-32-33-34-35-36-39-41-44-47-50-53-56-59-62-68(71)74-65-66(75-69(72)63-60-57-54-51-48-45-42-38-30-27-24-21-18-15-12-9-6-3)64-73-67(70)61-58-55-52-49-46-43-40-37-29-26-23-20-17-14-11-8-5-2/h7,9-10,12,16-21,25-30,32-33,35-36,41-42,44-45,50,53,66H,4-6,8,11,13-15,22-24,31,34,37-40,43,46-49,51-52,54-65H2,1-3H3/b10-7-,12-9-,19-16-,20-17-,21-18-,28-25-,29-26-,30-27-,33-32-,36-35-,44-41-,45-42-,53-50-. The van der Waals surface area contributed by atoms with Crippen LogP contribution in [-0.2, 0) is 28.6 Å². The molecule has 0 aliphatic rings. The van der Waals surface area contributed by atoms with E-state index in [4.69, 9.17) is 14.2 Å². The van der Waals surface area contributed by atoms with Crippen LogP contribution >= 0.6 is 0 Å². The molecule has 0 amide bonds. The lowest BCUT2D eigenvalue weighted by atomic mass is 10.1. The minimum atomic E-state index is -0.827. The smallest absolute Gasteiger partial charge is 0.306 e. The second-order valence-corrected chi connectivity index (χ2v) is 19.1. The lowest BCUT2D eigenvalue weighted by molar-refractivity contribution is -0.167. The number of allylic oxidation sites excluding steroid dienone is 26. The molecule has 0 aliphatic heterocycles. The van der Waals surface area contributed by atoms with Crippen LogP contribution in [-0.4, -0.2) is 37.2 Å². The first kappa shape index (κ1) is 70.0. The van der Waals surface area contributed by atoms with Crippen LogP contribution in [0.2, 0.25) is 0 Å². The third kappa shape index (κ3) is 59.8. The predicted octanol–water partition coefficient (Wildman–Crippen LogP) is 20.5. The zero-order chi connectivity index (χ0) is 54.3. The van der Waals surface area contributed by atoms with Gasteiger partial charge in [-0.3, -0.25) is 14.4 Å². The molecule has 1 atom stereocenters. The molecule has 6 heteroatoms. The highest BCUT2D eigenvalue weighted by molar-refractivity contribution is 5.71. The van der Waals surface area contributed by atoms with Gasteiger partial charge in [-0.15, -0.1) is 0 Å². The predicted molar refractivity (Wildman–Crippen MR) is 325 cm³/mol. The Balaban J connectivity index is 4.57. The van der Waals surface area contributed by atoms with Gasteiger partial charge in [0.05, 0.1) is 0 Å². The molecule has 0 radical (unpaired) electrons. The molecule has 0 saturated carbocycles. The number of rotatable bonds is 52. The van der Waals surface area contributed by atoms with Crippen LogP contribution in [0.15, 0.2) is 158 Å². The van der Waals surface area contributed by atoms with E-state index in [1.165, 1.54) is 51.4 Å². The fourth-order valence-electron chi connectivity index (χ4n) is 7.57. The Morgan fingerprint density at radius 3 is 0.867 bits per heavy atom. The highest BCUT2D eigenvalue weighted by Crippen LogP contribution is 2.13. The number of carbonyl (C=O) groups is 3. The number of unbranched alkanes of at least 4 members (excludes halogenated alkanes) is 15. The van der Waals surface area contributed by atoms with Gasteiger partial charge in [-0.2, -0.15) is 0 Å². The van der Waals surface area contributed by atoms with Crippen molar-refractivity contribution in [2.75, 3.05) is 13.2 Å². The second-order valence-electron chi connectivity index (χ2n) is 19.1. The van der Waals surface area contributed by atoms with Gasteiger partial charge in [0.2, 0.25) is 0 Å². The van der Waals surface area contributed by atoms with Crippen LogP contribution < -0.4 is 0 Å². The van der Waals surface area contributed by atoms with Gasteiger partial charge in [-0.05, 0) is 141 Å². The molecule has 0 aromatic rings. The normalized spacial score (nSPS) is 13.3. The van der Waals surface area contributed by atoms with Crippen molar-refractivity contribution < 1.29 is 28.6 Å². The number of carbonyl (C=O) groups excluding carboxylic acids is 3. The molecule has 420 valence electrons. The molecule has 0 aromatic carbocycles. The molecular weight excluding hydrogens is 925 g/mol. The fourth-order valence-corrected chi connectivity index (χ4v) is 7.57. The Morgan fingerprint density at radius 2 is 0.533 bits per heavy atom. The van der Waals surface area contributed by atoms with Gasteiger partial charge in [-0.25, -0.2) is 0 Å². The lowest BCUT2D eigenvalue weighted by Crippen LogP contribution is -2.30. The van der Waals surface area contributed by atoms with Crippen molar-refractivity contribution in [3.8, 4) is 0 Å². The highest BCUT2D eigenvalue weighted by atomic mass is 16.6. The molecule has 1 unspecified atom stereocenters. The minimum Gasteiger partial charge on any atom is -0.462 e. The van der Waals surface area contributed by atoms with Crippen LogP contribution in [0, 0.1) is 0 Å². The van der Waals surface area contributed by atoms with Crippen molar-refractivity contribution in [2.24, 2.45) is 0 Å². The number of esters is 3. The first-order valence-corrected chi connectivity index (χ1v) is 30.0. The third-order valence-electron chi connectivity index (χ3n) is 12.0. The Kier molecular flexibility index (Phi) is 57.5. The van der Waals surface area contributed by atoms with Crippen LogP contribution in [0.1, 0.15) is 239 Å². The van der Waals surface area contributed by atoms with Gasteiger partial charge >= 0.3 is 17.9 Å². The summed E-state index contributed by atoms with van der Waals surface area (Å²) in [7, 11) is 0. The Labute approximate surface area is 460 Å². The largest absolute Gasteiger partial charge is 0.462 e. The Morgan fingerprint density at radius 1 is 0.280 bits per heavy atom. The molecule has 75 heavy (non-hydrogen) atoms. The molecule has 0 aliphatic carbocycles. The average Bonchev–Trinajstić information content (AvgIpc) is 3.41. The number of hydrogen-bond donors (Lipinski definition) is 0. The molecule has 0 fully saturated rings. The molecule has 0 N–H and O–H groups in total. The quantitative estimate of drug-likeness (QED) is 0.0261. The third-order valence-corrected chi connectivity index (χ3v) is 12.0. The summed E-state index contributed by atoms with van der Waals surface area (Å²) < 4.78 is 16.8. The first-order chi connectivity index (χ1) is 37.0. The SMILES string of the molecule is CC/C=C\C/C=C\C/C=C\C/C=C\C/C=C\C/C=C\C/C=C\CCCC(=O)OCC(COC(=O)CCCCCCCCC/C=C\C/C=C\CCCCC)OC(=O)CCCCCC/C=C\C/C=C\C/C=C\C/C=C\CC. The zero-order valence-electron chi connectivity index (χ0n) is 48.0. The van der Waals surface area contributed by atoms with Crippen molar-refractivity contribution >= 4 is 17.9 Å². The molecule has 6 nitrogen and oxygen atoms in total. The molecule has 0 bridgehead atoms. The van der Waals surface area contributed by atoms with Crippen LogP contribution in [0.4, 0.5) is 0 Å². The van der Waals surface area contributed by atoms with E-state index < -0.39 is 6.10 Å². The number of ether oxygens (including phenoxy) is 3. The maximum absolute atomic E-state index is 12.9. The summed E-state index contributed by atoms with van der Waals surface area (Å²) in [4.78, 5) is 38.2. The lowest BCUT2D eigenvalue weighted by Gasteiger charge is -2.18. The maximum atomic E-state index is 12.9. The van der Waals surface area contributed by atoms with E-state index in [1.54, 1.807) is 0 Å². The summed E-state index contributed by atoms with van der Waals surface area (Å²) in [6.07, 6.45) is 89.5. The van der Waals surface area contributed by atoms with E-state index in [0.717, 1.165) is 141 Å². The number of hydrogen-bond acceptors (Lipinski definition) is 6.